The summed E-state index contributed by atoms with van der Waals surface area (Å²) in [7, 11) is 0. The third-order valence-corrected chi connectivity index (χ3v) is 4.87. The van der Waals surface area contributed by atoms with Gasteiger partial charge in [0.25, 0.3) is 0 Å². The molecule has 6 heteroatoms. The quantitative estimate of drug-likeness (QED) is 0.783. The molecule has 3 heterocycles. The number of nitrogens with one attached hydrogen (secondary N) is 1. The summed E-state index contributed by atoms with van der Waals surface area (Å²) >= 11 is 0. The van der Waals surface area contributed by atoms with Gasteiger partial charge in [0.05, 0.1) is 12.2 Å². The Morgan fingerprint density at radius 3 is 2.54 bits per heavy atom. The van der Waals surface area contributed by atoms with Gasteiger partial charge in [-0.15, -0.1) is 0 Å². The van der Waals surface area contributed by atoms with E-state index in [1.807, 2.05) is 18.3 Å². The van der Waals surface area contributed by atoms with Gasteiger partial charge in [0, 0.05) is 38.3 Å². The normalized spacial score (nSPS) is 15.2. The number of fused-ring (bicyclic) bond motifs is 1. The van der Waals surface area contributed by atoms with E-state index in [0.29, 0.717) is 6.54 Å². The monoisotopic (exact) mass is 353 g/mol. The highest BCUT2D eigenvalue weighted by Gasteiger charge is 2.21. The molecule has 0 bridgehead atoms. The second-order valence-electron chi connectivity index (χ2n) is 7.08. The Kier molecular flexibility index (Phi) is 4.59. The van der Waals surface area contributed by atoms with Gasteiger partial charge < -0.3 is 14.8 Å². The molecule has 4 rings (SSSR count). The lowest BCUT2D eigenvalue weighted by Gasteiger charge is -2.29. The van der Waals surface area contributed by atoms with Crippen LogP contribution in [0.3, 0.4) is 0 Å². The summed E-state index contributed by atoms with van der Waals surface area (Å²) in [6.45, 7) is 8.85. The Morgan fingerprint density at radius 1 is 1.12 bits per heavy atom. The molecule has 136 valence electrons. The second-order valence-corrected chi connectivity index (χ2v) is 7.08. The highest BCUT2D eigenvalue weighted by atomic mass is 19.1. The Labute approximate surface area is 152 Å². The number of piperazine rings is 1. The first-order valence-corrected chi connectivity index (χ1v) is 9.18. The fourth-order valence-corrected chi connectivity index (χ4v) is 3.55. The number of pyridine rings is 1. The summed E-state index contributed by atoms with van der Waals surface area (Å²) in [5.74, 6) is 1.08. The summed E-state index contributed by atoms with van der Waals surface area (Å²) in [5.41, 5.74) is 4.05. The lowest BCUT2D eigenvalue weighted by atomic mass is 10.2. The zero-order chi connectivity index (χ0) is 18.1. The predicted molar refractivity (Wildman–Crippen MR) is 102 cm³/mol. The first-order valence-electron chi connectivity index (χ1n) is 9.18. The molecule has 0 radical (unpaired) electrons. The van der Waals surface area contributed by atoms with Crippen LogP contribution in [0.2, 0.25) is 0 Å². The van der Waals surface area contributed by atoms with Crippen LogP contribution in [0.25, 0.3) is 11.2 Å². The lowest BCUT2D eigenvalue weighted by molar-refractivity contribution is 0.590. The van der Waals surface area contributed by atoms with E-state index in [0.717, 1.165) is 54.4 Å². The Balaban J connectivity index is 1.80. The molecule has 1 aliphatic rings. The molecule has 0 aliphatic carbocycles. The fraction of sp³-hybridized carbons (Fsp3) is 0.400. The van der Waals surface area contributed by atoms with E-state index >= 15 is 0 Å². The smallest absolute Gasteiger partial charge is 0.162 e. The van der Waals surface area contributed by atoms with E-state index in [-0.39, 0.29) is 11.7 Å². The van der Waals surface area contributed by atoms with Crippen LogP contribution in [0.4, 0.5) is 10.1 Å². The van der Waals surface area contributed by atoms with Crippen LogP contribution >= 0.6 is 0 Å². The average Bonchev–Trinajstić information content (AvgIpc) is 3.03. The number of imidazole rings is 1. The molecule has 1 aromatic carbocycles. The van der Waals surface area contributed by atoms with Gasteiger partial charge in [-0.05, 0) is 23.8 Å². The van der Waals surface area contributed by atoms with Crippen LogP contribution in [0, 0.1) is 5.82 Å². The average molecular weight is 353 g/mol. The number of benzene rings is 1. The first-order chi connectivity index (χ1) is 12.6. The molecular weight excluding hydrogens is 329 g/mol. The molecular formula is C20H24FN5. The largest absolute Gasteiger partial charge is 0.367 e. The minimum absolute atomic E-state index is 0.215. The van der Waals surface area contributed by atoms with Crippen molar-refractivity contribution in [3.8, 4) is 0 Å². The predicted octanol–water partition coefficient (Wildman–Crippen LogP) is 3.15. The molecule has 0 spiro atoms. The number of hydrogen-bond donors (Lipinski definition) is 1. The van der Waals surface area contributed by atoms with Crippen LogP contribution < -0.4 is 10.2 Å². The van der Waals surface area contributed by atoms with Gasteiger partial charge >= 0.3 is 0 Å². The van der Waals surface area contributed by atoms with Crippen LogP contribution in [-0.4, -0.2) is 40.7 Å². The van der Waals surface area contributed by atoms with Gasteiger partial charge in [0.15, 0.2) is 5.65 Å². The third kappa shape index (κ3) is 3.17. The van der Waals surface area contributed by atoms with Crippen molar-refractivity contribution in [1.82, 2.24) is 19.9 Å². The number of rotatable bonds is 4. The SMILES string of the molecule is CC(C)c1nc2c(N3CCNCC3)ccnc2n1Cc1ccc(F)cc1. The molecule has 1 fully saturated rings. The van der Waals surface area contributed by atoms with Crippen molar-refractivity contribution in [3.05, 3.63) is 53.7 Å². The topological polar surface area (TPSA) is 46.0 Å². The zero-order valence-electron chi connectivity index (χ0n) is 15.2. The Morgan fingerprint density at radius 2 is 1.85 bits per heavy atom. The van der Waals surface area contributed by atoms with E-state index in [1.165, 1.54) is 12.1 Å². The third-order valence-electron chi connectivity index (χ3n) is 4.87. The van der Waals surface area contributed by atoms with Gasteiger partial charge in [-0.25, -0.2) is 14.4 Å². The first kappa shape index (κ1) is 17.0. The number of nitrogens with zero attached hydrogens (tertiary/aromatic N) is 4. The van der Waals surface area contributed by atoms with Crippen molar-refractivity contribution in [1.29, 1.82) is 0 Å². The summed E-state index contributed by atoms with van der Waals surface area (Å²) in [5, 5.41) is 3.39. The molecule has 1 saturated heterocycles. The van der Waals surface area contributed by atoms with E-state index < -0.39 is 0 Å². The van der Waals surface area contributed by atoms with E-state index in [2.05, 4.69) is 39.7 Å². The minimum Gasteiger partial charge on any atom is -0.367 e. The molecule has 26 heavy (non-hydrogen) atoms. The summed E-state index contributed by atoms with van der Waals surface area (Å²) in [4.78, 5) is 12.0. The molecule has 0 unspecified atom stereocenters. The van der Waals surface area contributed by atoms with Gasteiger partial charge in [-0.3, -0.25) is 0 Å². The number of aromatic nitrogens is 3. The van der Waals surface area contributed by atoms with Crippen molar-refractivity contribution in [2.75, 3.05) is 31.1 Å². The molecule has 1 N–H and O–H groups in total. The van der Waals surface area contributed by atoms with E-state index in [9.17, 15) is 4.39 Å². The molecule has 5 nitrogen and oxygen atoms in total. The van der Waals surface area contributed by atoms with Crippen molar-refractivity contribution in [3.63, 3.8) is 0 Å². The van der Waals surface area contributed by atoms with Gasteiger partial charge in [0.2, 0.25) is 0 Å². The van der Waals surface area contributed by atoms with E-state index in [4.69, 9.17) is 4.98 Å². The Bertz CT molecular complexity index is 894. The second kappa shape index (κ2) is 7.03. The molecule has 0 amide bonds. The molecule has 1 aliphatic heterocycles. The molecule has 2 aromatic heterocycles. The van der Waals surface area contributed by atoms with E-state index in [1.54, 1.807) is 0 Å². The molecule has 0 saturated carbocycles. The van der Waals surface area contributed by atoms with Crippen molar-refractivity contribution in [2.45, 2.75) is 26.3 Å². The maximum Gasteiger partial charge on any atom is 0.162 e. The Hall–Kier alpha value is -2.47. The van der Waals surface area contributed by atoms with Crippen LogP contribution in [0.5, 0.6) is 0 Å². The standard InChI is InChI=1S/C20H24FN5/c1-14(2)19-24-18-17(25-11-9-22-10-12-25)7-8-23-20(18)26(19)13-15-3-5-16(21)6-4-15/h3-8,14,22H,9-13H2,1-2H3. The minimum atomic E-state index is -0.215. The maximum absolute atomic E-state index is 13.2. The molecule has 3 aromatic rings. The van der Waals surface area contributed by atoms with Gasteiger partial charge in [0.1, 0.15) is 17.2 Å². The van der Waals surface area contributed by atoms with Crippen molar-refractivity contribution in [2.24, 2.45) is 0 Å². The number of halogens is 1. The van der Waals surface area contributed by atoms with Crippen LogP contribution in [0.1, 0.15) is 31.2 Å². The van der Waals surface area contributed by atoms with Gasteiger partial charge in [-0.1, -0.05) is 26.0 Å². The van der Waals surface area contributed by atoms with Crippen LogP contribution in [0.15, 0.2) is 36.5 Å². The fourth-order valence-electron chi connectivity index (χ4n) is 3.55. The van der Waals surface area contributed by atoms with Gasteiger partial charge in [-0.2, -0.15) is 0 Å². The number of anilines is 1. The zero-order valence-corrected chi connectivity index (χ0v) is 15.2. The highest BCUT2D eigenvalue weighted by Crippen LogP contribution is 2.29. The van der Waals surface area contributed by atoms with Crippen LogP contribution in [-0.2, 0) is 6.54 Å². The van der Waals surface area contributed by atoms with Crippen molar-refractivity contribution >= 4 is 16.9 Å². The highest BCUT2D eigenvalue weighted by molar-refractivity contribution is 5.86. The summed E-state index contributed by atoms with van der Waals surface area (Å²) in [6.07, 6.45) is 1.87. The van der Waals surface area contributed by atoms with Crippen molar-refractivity contribution < 1.29 is 4.39 Å². The summed E-state index contributed by atoms with van der Waals surface area (Å²) in [6, 6.07) is 8.72. The molecule has 0 atom stereocenters. The number of hydrogen-bond acceptors (Lipinski definition) is 4. The lowest BCUT2D eigenvalue weighted by Crippen LogP contribution is -2.43. The maximum atomic E-state index is 13.2. The summed E-state index contributed by atoms with van der Waals surface area (Å²) < 4.78 is 15.4.